The summed E-state index contributed by atoms with van der Waals surface area (Å²) in [4.78, 5) is 2.49. The van der Waals surface area contributed by atoms with Crippen molar-refractivity contribution in [3.63, 3.8) is 0 Å². The Morgan fingerprint density at radius 2 is 1.56 bits per heavy atom. The summed E-state index contributed by atoms with van der Waals surface area (Å²) in [6.45, 7) is 7.49. The molecule has 0 N–H and O–H groups in total. The third-order valence-corrected chi connectivity index (χ3v) is 3.15. The van der Waals surface area contributed by atoms with Gasteiger partial charge in [-0.05, 0) is 30.6 Å². The highest BCUT2D eigenvalue weighted by Crippen LogP contribution is 2.23. The van der Waals surface area contributed by atoms with Crippen LogP contribution in [0.1, 0.15) is 19.4 Å². The van der Waals surface area contributed by atoms with Crippen LogP contribution in [0.5, 0.6) is 0 Å². The molecule has 1 fully saturated rings. The fourth-order valence-corrected chi connectivity index (χ4v) is 2.25. The second-order valence-electron chi connectivity index (χ2n) is 4.26. The van der Waals surface area contributed by atoms with Crippen LogP contribution in [0.2, 0.25) is 0 Å². The van der Waals surface area contributed by atoms with Gasteiger partial charge in [-0.3, -0.25) is 4.90 Å². The van der Waals surface area contributed by atoms with Crippen molar-refractivity contribution in [3.8, 4) is 0 Å². The molecule has 1 aromatic carbocycles. The lowest BCUT2D eigenvalue weighted by atomic mass is 10.1. The van der Waals surface area contributed by atoms with Crippen molar-refractivity contribution in [2.75, 3.05) is 13.1 Å². The van der Waals surface area contributed by atoms with Crippen LogP contribution in [0.15, 0.2) is 53.6 Å². The summed E-state index contributed by atoms with van der Waals surface area (Å²) in [5.74, 6) is 0. The van der Waals surface area contributed by atoms with Gasteiger partial charge in [0.1, 0.15) is 0 Å². The highest BCUT2D eigenvalue weighted by atomic mass is 15.1. The molecular weight excluding hydrogens is 194 g/mol. The Bertz CT molecular complexity index is 381. The van der Waals surface area contributed by atoms with E-state index >= 15 is 0 Å². The van der Waals surface area contributed by atoms with Crippen LogP contribution in [0, 0.1) is 0 Å². The van der Waals surface area contributed by atoms with Crippen molar-refractivity contribution in [2.24, 2.45) is 0 Å². The number of rotatable bonds is 2. The Balaban J connectivity index is 2.04. The maximum atomic E-state index is 2.49. The lowest BCUT2D eigenvalue weighted by Crippen LogP contribution is -2.18. The van der Waals surface area contributed by atoms with Crippen molar-refractivity contribution in [2.45, 2.75) is 20.4 Å². The molecule has 0 aliphatic carbocycles. The topological polar surface area (TPSA) is 3.24 Å². The Kier molecular flexibility index (Phi) is 3.58. The van der Waals surface area contributed by atoms with E-state index in [1.54, 1.807) is 0 Å². The molecule has 0 spiro atoms. The molecule has 0 saturated carbocycles. The Morgan fingerprint density at radius 1 is 1.00 bits per heavy atom. The van der Waals surface area contributed by atoms with Gasteiger partial charge >= 0.3 is 0 Å². The molecule has 1 aliphatic heterocycles. The molecule has 2 rings (SSSR count). The highest BCUT2D eigenvalue weighted by molar-refractivity contribution is 5.37. The fraction of sp³-hybridized carbons (Fsp3) is 0.333. The molecule has 0 amide bonds. The first-order valence-electron chi connectivity index (χ1n) is 5.90. The van der Waals surface area contributed by atoms with E-state index < -0.39 is 0 Å². The smallest absolute Gasteiger partial charge is 0.0240 e. The number of hydrogen-bond donors (Lipinski definition) is 0. The number of hydrogen-bond acceptors (Lipinski definition) is 1. The predicted molar refractivity (Wildman–Crippen MR) is 69.2 cm³/mol. The highest BCUT2D eigenvalue weighted by Gasteiger charge is 2.19. The van der Waals surface area contributed by atoms with Crippen molar-refractivity contribution < 1.29 is 0 Å². The molecule has 0 bridgehead atoms. The van der Waals surface area contributed by atoms with E-state index in [2.05, 4.69) is 61.2 Å². The minimum Gasteiger partial charge on any atom is -0.291 e. The van der Waals surface area contributed by atoms with Crippen LogP contribution in [-0.2, 0) is 6.54 Å². The molecule has 1 aliphatic rings. The summed E-state index contributed by atoms with van der Waals surface area (Å²) < 4.78 is 0. The first kappa shape index (κ1) is 11.2. The van der Waals surface area contributed by atoms with Gasteiger partial charge < -0.3 is 0 Å². The predicted octanol–water partition coefficient (Wildman–Crippen LogP) is 3.39. The average Bonchev–Trinajstić information content (AvgIpc) is 2.72. The number of nitrogens with zero attached hydrogens (tertiary/aromatic N) is 1. The number of benzene rings is 1. The van der Waals surface area contributed by atoms with Gasteiger partial charge in [0, 0.05) is 19.6 Å². The molecule has 1 heterocycles. The van der Waals surface area contributed by atoms with Crippen LogP contribution in [-0.4, -0.2) is 18.0 Å². The van der Waals surface area contributed by atoms with Crippen molar-refractivity contribution in [1.29, 1.82) is 0 Å². The van der Waals surface area contributed by atoms with Gasteiger partial charge in [-0.25, -0.2) is 0 Å². The van der Waals surface area contributed by atoms with E-state index in [-0.39, 0.29) is 0 Å². The second kappa shape index (κ2) is 5.13. The molecular formula is C15H19N. The monoisotopic (exact) mass is 213 g/mol. The van der Waals surface area contributed by atoms with Crippen molar-refractivity contribution in [1.82, 2.24) is 4.90 Å². The zero-order valence-electron chi connectivity index (χ0n) is 10.1. The molecule has 1 nitrogen and oxygen atoms in total. The molecule has 1 heteroatoms. The van der Waals surface area contributed by atoms with Gasteiger partial charge in [0.2, 0.25) is 0 Å². The van der Waals surface area contributed by atoms with Gasteiger partial charge in [-0.1, -0.05) is 42.5 Å². The quantitative estimate of drug-likeness (QED) is 0.728. The Hall–Kier alpha value is -1.34. The van der Waals surface area contributed by atoms with Crippen LogP contribution < -0.4 is 0 Å². The van der Waals surface area contributed by atoms with E-state index in [0.29, 0.717) is 0 Å². The summed E-state index contributed by atoms with van der Waals surface area (Å²) >= 11 is 0. The van der Waals surface area contributed by atoms with E-state index in [0.717, 1.165) is 19.6 Å². The number of likely N-dealkylation sites (tertiary alicyclic amines) is 1. The second-order valence-corrected chi connectivity index (χ2v) is 4.26. The van der Waals surface area contributed by atoms with Crippen molar-refractivity contribution in [3.05, 3.63) is 59.2 Å². The largest absolute Gasteiger partial charge is 0.291 e. The molecule has 16 heavy (non-hydrogen) atoms. The summed E-state index contributed by atoms with van der Waals surface area (Å²) in [5.41, 5.74) is 4.37. The molecule has 1 aromatic rings. The zero-order valence-corrected chi connectivity index (χ0v) is 10.1. The zero-order chi connectivity index (χ0) is 11.4. The normalized spacial score (nSPS) is 22.1. The van der Waals surface area contributed by atoms with Crippen LogP contribution >= 0.6 is 0 Å². The summed E-state index contributed by atoms with van der Waals surface area (Å²) in [7, 11) is 0. The SMILES string of the molecule is C/C=C1\CN(Cc2ccccc2)C\C1=C/C. The van der Waals surface area contributed by atoms with Gasteiger partial charge in [0.05, 0.1) is 0 Å². The maximum absolute atomic E-state index is 2.49. The minimum absolute atomic E-state index is 1.05. The van der Waals surface area contributed by atoms with E-state index in [4.69, 9.17) is 0 Å². The fourth-order valence-electron chi connectivity index (χ4n) is 2.25. The molecule has 0 unspecified atom stereocenters. The van der Waals surface area contributed by atoms with E-state index in [1.807, 2.05) is 0 Å². The van der Waals surface area contributed by atoms with Crippen LogP contribution in [0.3, 0.4) is 0 Å². The Labute approximate surface area is 98.1 Å². The molecule has 0 radical (unpaired) electrons. The standard InChI is InChI=1S/C15H19N/c1-3-14-11-16(12-15(14)4-2)10-13-8-6-5-7-9-13/h3-9H,10-12H2,1-2H3/b14-3+,15-4+. The molecule has 0 aromatic heterocycles. The third-order valence-electron chi connectivity index (χ3n) is 3.15. The summed E-state index contributed by atoms with van der Waals surface area (Å²) in [6.07, 6.45) is 4.47. The average molecular weight is 213 g/mol. The first-order chi connectivity index (χ1) is 7.83. The lowest BCUT2D eigenvalue weighted by molar-refractivity contribution is 0.347. The van der Waals surface area contributed by atoms with Gasteiger partial charge in [0.15, 0.2) is 0 Å². The molecule has 1 saturated heterocycles. The van der Waals surface area contributed by atoms with Crippen molar-refractivity contribution >= 4 is 0 Å². The molecule has 84 valence electrons. The summed E-state index contributed by atoms with van der Waals surface area (Å²) in [5, 5.41) is 0. The van der Waals surface area contributed by atoms with Gasteiger partial charge in [0.25, 0.3) is 0 Å². The lowest BCUT2D eigenvalue weighted by Gasteiger charge is -2.13. The van der Waals surface area contributed by atoms with Gasteiger partial charge in [-0.2, -0.15) is 0 Å². The number of allylic oxidation sites excluding steroid dienone is 2. The Morgan fingerprint density at radius 3 is 2.06 bits per heavy atom. The maximum Gasteiger partial charge on any atom is 0.0240 e. The van der Waals surface area contributed by atoms with Crippen LogP contribution in [0.4, 0.5) is 0 Å². The summed E-state index contributed by atoms with van der Waals surface area (Å²) in [6, 6.07) is 10.7. The van der Waals surface area contributed by atoms with Gasteiger partial charge in [-0.15, -0.1) is 0 Å². The molecule has 0 atom stereocenters. The van der Waals surface area contributed by atoms with Crippen LogP contribution in [0.25, 0.3) is 0 Å². The minimum atomic E-state index is 1.05. The van der Waals surface area contributed by atoms with E-state index in [1.165, 1.54) is 16.7 Å². The van der Waals surface area contributed by atoms with E-state index in [9.17, 15) is 0 Å². The first-order valence-corrected chi connectivity index (χ1v) is 5.90. The third kappa shape index (κ3) is 2.42.